The number of halogens is 1. The summed E-state index contributed by atoms with van der Waals surface area (Å²) in [4.78, 5) is 38.9. The van der Waals surface area contributed by atoms with Gasteiger partial charge in [-0.1, -0.05) is 41.9 Å². The number of nitrogens with zero attached hydrogens (tertiary/aromatic N) is 1. The van der Waals surface area contributed by atoms with E-state index in [0.717, 1.165) is 11.1 Å². The van der Waals surface area contributed by atoms with Crippen LogP contribution in [-0.2, 0) is 32.0 Å². The lowest BCUT2D eigenvalue weighted by Gasteiger charge is -2.36. The number of hydrogen-bond donors (Lipinski definition) is 0. The molecular weight excluding hydrogens is 382 g/mol. The van der Waals surface area contributed by atoms with E-state index in [2.05, 4.69) is 0 Å². The van der Waals surface area contributed by atoms with Gasteiger partial charge in [-0.25, -0.2) is 4.79 Å². The number of fused-ring (bicyclic) bond motifs is 1. The third kappa shape index (κ3) is 4.17. The Morgan fingerprint density at radius 3 is 2.54 bits per heavy atom. The Kier molecular flexibility index (Phi) is 5.70. The Balaban J connectivity index is 1.88. The minimum absolute atomic E-state index is 0.153. The van der Waals surface area contributed by atoms with Crippen molar-refractivity contribution in [2.75, 3.05) is 13.7 Å². The molecule has 1 aliphatic heterocycles. The predicted octanol–water partition coefficient (Wildman–Crippen LogP) is 3.01. The van der Waals surface area contributed by atoms with Gasteiger partial charge in [-0.2, -0.15) is 0 Å². The first-order chi connectivity index (χ1) is 13.3. The van der Waals surface area contributed by atoms with Gasteiger partial charge in [0.1, 0.15) is 6.54 Å². The van der Waals surface area contributed by atoms with Gasteiger partial charge in [-0.3, -0.25) is 9.59 Å². The number of cyclic esters (lactones) is 1. The fourth-order valence-electron chi connectivity index (χ4n) is 3.22. The first-order valence-corrected chi connectivity index (χ1v) is 9.12. The summed E-state index contributed by atoms with van der Waals surface area (Å²) < 4.78 is 10.2. The standard InChI is InChI=1S/C21H20ClNO5/c1-21(11-15-5-3-4-6-17(15)19(25)28-21)20(26)23(13-18(24)27-2)12-14-7-9-16(22)10-8-14/h3-10H,11-13H2,1-2H3. The number of carbonyl (C=O) groups is 3. The van der Waals surface area contributed by atoms with E-state index in [1.165, 1.54) is 12.0 Å². The highest BCUT2D eigenvalue weighted by Gasteiger charge is 2.45. The van der Waals surface area contributed by atoms with Crippen molar-refractivity contribution in [2.24, 2.45) is 0 Å². The zero-order valence-electron chi connectivity index (χ0n) is 15.6. The van der Waals surface area contributed by atoms with Crippen LogP contribution in [0, 0.1) is 0 Å². The quantitative estimate of drug-likeness (QED) is 0.720. The van der Waals surface area contributed by atoms with Gasteiger partial charge in [-0.05, 0) is 36.2 Å². The molecule has 1 unspecified atom stereocenters. The molecule has 0 bridgehead atoms. The Hall–Kier alpha value is -2.86. The monoisotopic (exact) mass is 401 g/mol. The van der Waals surface area contributed by atoms with Gasteiger partial charge in [0.2, 0.25) is 0 Å². The maximum absolute atomic E-state index is 13.3. The molecule has 1 atom stereocenters. The van der Waals surface area contributed by atoms with Crippen LogP contribution >= 0.6 is 11.6 Å². The van der Waals surface area contributed by atoms with Crippen molar-refractivity contribution in [1.82, 2.24) is 4.90 Å². The number of carbonyl (C=O) groups excluding carboxylic acids is 3. The highest BCUT2D eigenvalue weighted by atomic mass is 35.5. The van der Waals surface area contributed by atoms with Gasteiger partial charge in [0.25, 0.3) is 5.91 Å². The van der Waals surface area contributed by atoms with Crippen LogP contribution in [0.5, 0.6) is 0 Å². The summed E-state index contributed by atoms with van der Waals surface area (Å²) in [6.45, 7) is 1.46. The number of rotatable bonds is 5. The average Bonchev–Trinajstić information content (AvgIpc) is 2.68. The van der Waals surface area contributed by atoms with Crippen molar-refractivity contribution in [3.63, 3.8) is 0 Å². The van der Waals surface area contributed by atoms with Crippen LogP contribution in [0.15, 0.2) is 48.5 Å². The highest BCUT2D eigenvalue weighted by molar-refractivity contribution is 6.30. The summed E-state index contributed by atoms with van der Waals surface area (Å²) in [6, 6.07) is 14.0. The second kappa shape index (κ2) is 8.02. The van der Waals surface area contributed by atoms with E-state index >= 15 is 0 Å². The maximum atomic E-state index is 13.3. The Morgan fingerprint density at radius 1 is 1.18 bits per heavy atom. The molecule has 0 aromatic heterocycles. The normalized spacial score (nSPS) is 18.0. The number of methoxy groups -OCH3 is 1. The molecule has 3 rings (SSSR count). The number of ether oxygens (including phenoxy) is 2. The van der Waals surface area contributed by atoms with E-state index < -0.39 is 23.4 Å². The van der Waals surface area contributed by atoms with Crippen LogP contribution in [0.2, 0.25) is 5.02 Å². The number of hydrogen-bond acceptors (Lipinski definition) is 5. The van der Waals surface area contributed by atoms with E-state index in [9.17, 15) is 14.4 Å². The Labute approximate surface area is 168 Å². The van der Waals surface area contributed by atoms with Crippen LogP contribution in [0.3, 0.4) is 0 Å². The lowest BCUT2D eigenvalue weighted by molar-refractivity contribution is -0.157. The molecule has 28 heavy (non-hydrogen) atoms. The minimum Gasteiger partial charge on any atom is -0.468 e. The van der Waals surface area contributed by atoms with Crippen LogP contribution in [0.4, 0.5) is 0 Å². The molecule has 0 aliphatic carbocycles. The molecule has 7 heteroatoms. The third-order valence-corrected chi connectivity index (χ3v) is 4.91. The second-order valence-electron chi connectivity index (χ2n) is 6.82. The molecule has 0 fully saturated rings. The Morgan fingerprint density at radius 2 is 1.86 bits per heavy atom. The number of amides is 1. The average molecular weight is 402 g/mol. The summed E-state index contributed by atoms with van der Waals surface area (Å²) in [5.74, 6) is -1.58. The van der Waals surface area contributed by atoms with E-state index in [4.69, 9.17) is 21.1 Å². The summed E-state index contributed by atoms with van der Waals surface area (Å²) in [5.41, 5.74) is 0.559. The maximum Gasteiger partial charge on any atom is 0.339 e. The lowest BCUT2D eigenvalue weighted by Crippen LogP contribution is -2.54. The summed E-state index contributed by atoms with van der Waals surface area (Å²) in [5, 5.41) is 0.569. The van der Waals surface area contributed by atoms with Gasteiger partial charge >= 0.3 is 11.9 Å². The fourth-order valence-corrected chi connectivity index (χ4v) is 3.34. The highest BCUT2D eigenvalue weighted by Crippen LogP contribution is 2.30. The zero-order valence-corrected chi connectivity index (χ0v) is 16.4. The molecule has 2 aromatic carbocycles. The first kappa shape index (κ1) is 19.9. The van der Waals surface area contributed by atoms with Gasteiger partial charge in [-0.15, -0.1) is 0 Å². The van der Waals surface area contributed by atoms with Crippen molar-refractivity contribution in [1.29, 1.82) is 0 Å². The summed E-state index contributed by atoms with van der Waals surface area (Å²) >= 11 is 5.91. The van der Waals surface area contributed by atoms with Crippen molar-refractivity contribution in [3.8, 4) is 0 Å². The van der Waals surface area contributed by atoms with Gasteiger partial charge < -0.3 is 14.4 Å². The van der Waals surface area contributed by atoms with Crippen molar-refractivity contribution < 1.29 is 23.9 Å². The van der Waals surface area contributed by atoms with Crippen molar-refractivity contribution in [2.45, 2.75) is 25.5 Å². The molecule has 0 radical (unpaired) electrons. The molecule has 6 nitrogen and oxygen atoms in total. The van der Waals surface area contributed by atoms with Crippen LogP contribution in [0.1, 0.15) is 28.4 Å². The summed E-state index contributed by atoms with van der Waals surface area (Å²) in [6.07, 6.45) is 0.228. The Bertz CT molecular complexity index is 911. The van der Waals surface area contributed by atoms with Gasteiger partial charge in [0, 0.05) is 18.0 Å². The van der Waals surface area contributed by atoms with E-state index in [-0.39, 0.29) is 19.5 Å². The zero-order chi connectivity index (χ0) is 20.3. The first-order valence-electron chi connectivity index (χ1n) is 8.74. The van der Waals surface area contributed by atoms with Crippen LogP contribution in [0.25, 0.3) is 0 Å². The largest absolute Gasteiger partial charge is 0.468 e. The molecule has 0 N–H and O–H groups in total. The molecular formula is C21H20ClNO5. The fraction of sp³-hybridized carbons (Fsp3) is 0.286. The molecule has 1 amide bonds. The van der Waals surface area contributed by atoms with Crippen LogP contribution < -0.4 is 0 Å². The van der Waals surface area contributed by atoms with Crippen molar-refractivity contribution >= 4 is 29.4 Å². The predicted molar refractivity (Wildman–Crippen MR) is 103 cm³/mol. The number of esters is 2. The molecule has 1 aliphatic rings. The smallest absolute Gasteiger partial charge is 0.339 e. The van der Waals surface area contributed by atoms with E-state index in [0.29, 0.717) is 10.6 Å². The molecule has 2 aromatic rings. The topological polar surface area (TPSA) is 72.9 Å². The molecule has 0 spiro atoms. The third-order valence-electron chi connectivity index (χ3n) is 4.66. The van der Waals surface area contributed by atoms with Crippen LogP contribution in [-0.4, -0.2) is 42.0 Å². The SMILES string of the molecule is COC(=O)CN(Cc1ccc(Cl)cc1)C(=O)C1(C)Cc2ccccc2C(=O)O1. The van der Waals surface area contributed by atoms with E-state index in [1.54, 1.807) is 49.4 Å². The summed E-state index contributed by atoms with van der Waals surface area (Å²) in [7, 11) is 1.26. The minimum atomic E-state index is -1.41. The molecule has 0 saturated carbocycles. The van der Waals surface area contributed by atoms with Crippen molar-refractivity contribution in [3.05, 3.63) is 70.2 Å². The van der Waals surface area contributed by atoms with E-state index in [1.807, 2.05) is 6.07 Å². The van der Waals surface area contributed by atoms with Gasteiger partial charge in [0.05, 0.1) is 12.7 Å². The molecule has 1 heterocycles. The second-order valence-corrected chi connectivity index (χ2v) is 7.25. The van der Waals surface area contributed by atoms with Gasteiger partial charge in [0.15, 0.2) is 5.60 Å². The lowest BCUT2D eigenvalue weighted by atomic mass is 9.88. The number of benzene rings is 2. The molecule has 0 saturated heterocycles. The molecule has 146 valence electrons.